The Balaban J connectivity index is 1.18. The van der Waals surface area contributed by atoms with Gasteiger partial charge in [-0.2, -0.15) is 0 Å². The van der Waals surface area contributed by atoms with E-state index in [1.165, 1.54) is 17.6 Å². The molecule has 0 spiro atoms. The van der Waals surface area contributed by atoms with Crippen molar-refractivity contribution in [3.8, 4) is 0 Å². The van der Waals surface area contributed by atoms with Gasteiger partial charge in [-0.15, -0.1) is 11.3 Å². The molecular formula is C31H30Cl2N4O6S. The number of carboxylic acids is 1. The fraction of sp³-hybridized carbons (Fsp3) is 0.355. The quantitative estimate of drug-likeness (QED) is 0.223. The number of ether oxygens (including phenoxy) is 1. The number of hydrogen-bond acceptors (Lipinski definition) is 8. The summed E-state index contributed by atoms with van der Waals surface area (Å²) in [5.74, 6) is -1.38. The molecule has 2 N–H and O–H groups in total. The molecule has 6 rings (SSSR count). The van der Waals surface area contributed by atoms with E-state index in [1.54, 1.807) is 37.6 Å². The van der Waals surface area contributed by atoms with E-state index in [2.05, 4.69) is 15.2 Å². The van der Waals surface area contributed by atoms with Gasteiger partial charge in [-0.3, -0.25) is 19.3 Å². The monoisotopic (exact) mass is 656 g/mol. The lowest BCUT2D eigenvalue weighted by atomic mass is 10.1. The summed E-state index contributed by atoms with van der Waals surface area (Å²) in [6, 6.07) is 10.3. The number of hydrogen-bond donors (Lipinski definition) is 2. The fourth-order valence-electron chi connectivity index (χ4n) is 5.75. The maximum Gasteiger partial charge on any atom is 0.303 e. The van der Waals surface area contributed by atoms with Crippen LogP contribution in [0, 0.1) is 0 Å². The largest absolute Gasteiger partial charge is 0.481 e. The number of aromatic nitrogens is 1. The Hall–Kier alpha value is -3.48. The number of benzene rings is 2. The van der Waals surface area contributed by atoms with E-state index >= 15 is 0 Å². The number of furan rings is 1. The lowest BCUT2D eigenvalue weighted by Gasteiger charge is -2.42. The molecule has 2 aliphatic rings. The second kappa shape index (κ2) is 12.9. The number of para-hydroxylation sites is 1. The van der Waals surface area contributed by atoms with Gasteiger partial charge in [0, 0.05) is 54.3 Å². The first-order valence-corrected chi connectivity index (χ1v) is 15.8. The molecule has 2 amide bonds. The first kappa shape index (κ1) is 30.5. The summed E-state index contributed by atoms with van der Waals surface area (Å²) in [6.45, 7) is 2.14. The fourth-order valence-corrected chi connectivity index (χ4v) is 7.26. The number of anilines is 1. The van der Waals surface area contributed by atoms with Crippen molar-refractivity contribution in [2.75, 3.05) is 32.1 Å². The molecule has 44 heavy (non-hydrogen) atoms. The number of halogens is 2. The second-order valence-electron chi connectivity index (χ2n) is 11.0. The standard InChI is InChI=1S/C31H30Cl2N4O6S/c1-42-19-14-36(15-19)18-10-26(31-34-12-20(44-31)6-7-29(39)40)37(13-18)28(38)9-17-8-24(33)25(11-23(17)32)35-30(41)22-16-43-27-5-3-2-4-21(22)27/h2-5,8,11-12,16,18-19,26H,6-7,9-10,13-15H2,1H3,(H,35,41)(H,39,40)/t18-,26-/m0/s1. The second-order valence-corrected chi connectivity index (χ2v) is 13.0. The Morgan fingerprint density at radius 2 is 1.95 bits per heavy atom. The van der Waals surface area contributed by atoms with Crippen molar-refractivity contribution in [1.29, 1.82) is 0 Å². The maximum absolute atomic E-state index is 13.8. The van der Waals surface area contributed by atoms with Gasteiger partial charge < -0.3 is 24.5 Å². The predicted octanol–water partition coefficient (Wildman–Crippen LogP) is 5.68. The molecule has 2 atom stereocenters. The smallest absolute Gasteiger partial charge is 0.303 e. The van der Waals surface area contributed by atoms with Gasteiger partial charge in [0.1, 0.15) is 16.9 Å². The number of rotatable bonds is 10. The van der Waals surface area contributed by atoms with E-state index in [1.807, 2.05) is 17.0 Å². The minimum Gasteiger partial charge on any atom is -0.481 e. The number of methoxy groups -OCH3 is 1. The molecule has 0 radical (unpaired) electrons. The van der Waals surface area contributed by atoms with E-state index in [4.69, 9.17) is 37.5 Å². The molecule has 4 aromatic rings. The molecule has 0 bridgehead atoms. The molecule has 0 unspecified atom stereocenters. The van der Waals surface area contributed by atoms with Crippen LogP contribution in [0.4, 0.5) is 5.69 Å². The first-order valence-electron chi connectivity index (χ1n) is 14.2. The minimum absolute atomic E-state index is 0.0142. The number of carboxylic acid groups (broad SMARTS) is 1. The van der Waals surface area contributed by atoms with Crippen LogP contribution in [-0.4, -0.2) is 76.6 Å². The van der Waals surface area contributed by atoms with Gasteiger partial charge in [-0.05, 0) is 36.6 Å². The van der Waals surface area contributed by atoms with Crippen LogP contribution in [0.1, 0.15) is 44.7 Å². The van der Waals surface area contributed by atoms with Gasteiger partial charge in [-0.1, -0.05) is 41.4 Å². The number of aliphatic carboxylic acids is 1. The van der Waals surface area contributed by atoms with Crippen LogP contribution in [-0.2, 0) is 27.2 Å². The summed E-state index contributed by atoms with van der Waals surface area (Å²) in [5.41, 5.74) is 1.83. The molecule has 0 saturated carbocycles. The van der Waals surface area contributed by atoms with Crippen LogP contribution < -0.4 is 5.32 Å². The van der Waals surface area contributed by atoms with Crippen LogP contribution in [0.3, 0.4) is 0 Å². The van der Waals surface area contributed by atoms with Crippen LogP contribution >= 0.6 is 34.5 Å². The summed E-state index contributed by atoms with van der Waals surface area (Å²) in [4.78, 5) is 47.5. The number of likely N-dealkylation sites (tertiary alicyclic amines) is 2. The molecule has 2 fully saturated rings. The van der Waals surface area contributed by atoms with Crippen molar-refractivity contribution in [1.82, 2.24) is 14.8 Å². The topological polar surface area (TPSA) is 125 Å². The summed E-state index contributed by atoms with van der Waals surface area (Å²) >= 11 is 14.7. The summed E-state index contributed by atoms with van der Waals surface area (Å²) in [7, 11) is 1.70. The van der Waals surface area contributed by atoms with Gasteiger partial charge in [0.25, 0.3) is 5.91 Å². The molecule has 0 aliphatic carbocycles. The number of nitrogens with zero attached hydrogens (tertiary/aromatic N) is 3. The number of aryl methyl sites for hydroxylation is 1. The Bertz CT molecular complexity index is 1720. The summed E-state index contributed by atoms with van der Waals surface area (Å²) in [6.07, 6.45) is 4.45. The average Bonchev–Trinajstić information content (AvgIpc) is 3.72. The van der Waals surface area contributed by atoms with Crippen molar-refractivity contribution in [2.45, 2.75) is 43.9 Å². The lowest BCUT2D eigenvalue weighted by Crippen LogP contribution is -2.56. The van der Waals surface area contributed by atoms with Gasteiger partial charge in [0.15, 0.2) is 0 Å². The molecular weight excluding hydrogens is 627 g/mol. The molecule has 13 heteroatoms. The Morgan fingerprint density at radius 3 is 2.73 bits per heavy atom. The normalized spacial score (nSPS) is 18.9. The molecule has 230 valence electrons. The molecule has 2 aliphatic heterocycles. The van der Waals surface area contributed by atoms with E-state index in [0.29, 0.717) is 45.8 Å². The Labute approximate surface area is 267 Å². The molecule has 4 heterocycles. The van der Waals surface area contributed by atoms with Crippen LogP contribution in [0.5, 0.6) is 0 Å². The van der Waals surface area contributed by atoms with Gasteiger partial charge >= 0.3 is 5.97 Å². The van der Waals surface area contributed by atoms with Crippen LogP contribution in [0.25, 0.3) is 11.0 Å². The molecule has 2 aromatic heterocycles. The highest BCUT2D eigenvalue weighted by Gasteiger charge is 2.43. The predicted molar refractivity (Wildman–Crippen MR) is 168 cm³/mol. The van der Waals surface area contributed by atoms with E-state index in [9.17, 15) is 14.4 Å². The average molecular weight is 658 g/mol. The van der Waals surface area contributed by atoms with Crippen molar-refractivity contribution in [3.05, 3.63) is 79.9 Å². The maximum atomic E-state index is 13.8. The van der Waals surface area contributed by atoms with E-state index in [-0.39, 0.29) is 42.0 Å². The molecule has 10 nitrogen and oxygen atoms in total. The number of carbonyl (C=O) groups excluding carboxylic acids is 2. The lowest BCUT2D eigenvalue weighted by molar-refractivity contribution is -0.137. The van der Waals surface area contributed by atoms with Crippen LogP contribution in [0.2, 0.25) is 10.0 Å². The summed E-state index contributed by atoms with van der Waals surface area (Å²) in [5, 5.41) is 13.9. The zero-order valence-corrected chi connectivity index (χ0v) is 26.1. The van der Waals surface area contributed by atoms with Crippen molar-refractivity contribution >= 4 is 69.0 Å². The highest BCUT2D eigenvalue weighted by molar-refractivity contribution is 7.11. The third-order valence-electron chi connectivity index (χ3n) is 8.22. The number of nitrogens with one attached hydrogen (secondary N) is 1. The number of thiazole rings is 1. The highest BCUT2D eigenvalue weighted by Crippen LogP contribution is 2.39. The highest BCUT2D eigenvalue weighted by atomic mass is 35.5. The zero-order chi connectivity index (χ0) is 31.0. The Morgan fingerprint density at radius 1 is 1.16 bits per heavy atom. The third kappa shape index (κ3) is 6.33. The van der Waals surface area contributed by atoms with Crippen LogP contribution in [0.15, 0.2) is 53.3 Å². The third-order valence-corrected chi connectivity index (χ3v) is 10.0. The minimum atomic E-state index is -0.862. The first-order chi connectivity index (χ1) is 21.2. The van der Waals surface area contributed by atoms with E-state index in [0.717, 1.165) is 29.4 Å². The zero-order valence-electron chi connectivity index (χ0n) is 23.8. The Kier molecular flexibility index (Phi) is 8.93. The number of fused-ring (bicyclic) bond motifs is 1. The van der Waals surface area contributed by atoms with E-state index < -0.39 is 11.9 Å². The molecule has 2 aromatic carbocycles. The molecule has 2 saturated heterocycles. The summed E-state index contributed by atoms with van der Waals surface area (Å²) < 4.78 is 10.9. The van der Waals surface area contributed by atoms with Crippen molar-refractivity contribution in [3.63, 3.8) is 0 Å². The number of amides is 2. The van der Waals surface area contributed by atoms with Gasteiger partial charge in [-0.25, -0.2) is 4.98 Å². The number of carbonyl (C=O) groups is 3. The van der Waals surface area contributed by atoms with Gasteiger partial charge in [0.2, 0.25) is 5.91 Å². The van der Waals surface area contributed by atoms with Crippen molar-refractivity contribution < 1.29 is 28.6 Å². The van der Waals surface area contributed by atoms with Gasteiger partial charge in [0.05, 0.1) is 41.3 Å². The SMILES string of the molecule is COC1CN([C@H]2C[C@@H](c3ncc(CCC(=O)O)s3)N(C(=O)Cc3cc(Cl)c(NC(=O)c4coc5ccccc45)cc3Cl)C2)C1. The van der Waals surface area contributed by atoms with Crippen molar-refractivity contribution in [2.24, 2.45) is 0 Å².